The summed E-state index contributed by atoms with van der Waals surface area (Å²) in [5.41, 5.74) is 1.20. The smallest absolute Gasteiger partial charge is 0.220 e. The minimum absolute atomic E-state index is 0.131. The molecule has 1 saturated heterocycles. The fourth-order valence-electron chi connectivity index (χ4n) is 3.44. The first-order valence-electron chi connectivity index (χ1n) is 9.40. The summed E-state index contributed by atoms with van der Waals surface area (Å²) in [4.78, 5) is 14.4. The number of β-amino-alcohol motifs (C(OH)–C–C–N with tert-alkyl or cyclic N) is 1. The second kappa shape index (κ2) is 9.50. The molecule has 0 unspecified atom stereocenters. The van der Waals surface area contributed by atoms with Crippen LogP contribution in [0.4, 0.5) is 0 Å². The average molecular weight is 356 g/mol. The zero-order valence-corrected chi connectivity index (χ0v) is 15.1. The second-order valence-corrected chi connectivity index (χ2v) is 7.01. The van der Waals surface area contributed by atoms with Crippen LogP contribution in [0.15, 0.2) is 48.8 Å². The normalized spacial score (nSPS) is 17.1. The Morgan fingerprint density at radius 1 is 1.19 bits per heavy atom. The summed E-state index contributed by atoms with van der Waals surface area (Å²) in [6.45, 7) is 2.97. The van der Waals surface area contributed by atoms with E-state index in [-0.39, 0.29) is 11.9 Å². The first-order valence-corrected chi connectivity index (χ1v) is 9.40. The molecule has 1 aromatic carbocycles. The van der Waals surface area contributed by atoms with Crippen LogP contribution in [0.5, 0.6) is 0 Å². The van der Waals surface area contributed by atoms with Gasteiger partial charge in [0.25, 0.3) is 0 Å². The number of rotatable bonds is 8. The van der Waals surface area contributed by atoms with Gasteiger partial charge in [-0.3, -0.25) is 9.48 Å². The van der Waals surface area contributed by atoms with Gasteiger partial charge < -0.3 is 15.3 Å². The molecule has 6 heteroatoms. The van der Waals surface area contributed by atoms with Crippen LogP contribution in [-0.2, 0) is 17.8 Å². The third kappa shape index (κ3) is 5.97. The van der Waals surface area contributed by atoms with E-state index in [0.29, 0.717) is 19.5 Å². The SMILES string of the molecule is O=C(CCc1ccccc1)NC1CCN(C[C@H](O)Cn2cccn2)CC1. The Morgan fingerprint density at radius 3 is 2.65 bits per heavy atom. The molecule has 0 saturated carbocycles. The number of piperidine rings is 1. The number of aliphatic hydroxyl groups is 1. The van der Waals surface area contributed by atoms with Crippen molar-refractivity contribution in [3.05, 3.63) is 54.4 Å². The van der Waals surface area contributed by atoms with Gasteiger partial charge in [0.15, 0.2) is 0 Å². The molecule has 1 aromatic heterocycles. The summed E-state index contributed by atoms with van der Waals surface area (Å²) in [7, 11) is 0. The quantitative estimate of drug-likeness (QED) is 0.751. The highest BCUT2D eigenvalue weighted by Gasteiger charge is 2.22. The lowest BCUT2D eigenvalue weighted by molar-refractivity contribution is -0.122. The molecule has 2 aromatic rings. The molecule has 3 rings (SSSR count). The number of nitrogens with one attached hydrogen (secondary N) is 1. The van der Waals surface area contributed by atoms with Crippen molar-refractivity contribution < 1.29 is 9.90 Å². The van der Waals surface area contributed by atoms with E-state index in [1.807, 2.05) is 30.5 Å². The van der Waals surface area contributed by atoms with Crippen LogP contribution in [0, 0.1) is 0 Å². The minimum Gasteiger partial charge on any atom is -0.390 e. The highest BCUT2D eigenvalue weighted by atomic mass is 16.3. The van der Waals surface area contributed by atoms with Gasteiger partial charge in [-0.1, -0.05) is 30.3 Å². The number of amides is 1. The summed E-state index contributed by atoms with van der Waals surface area (Å²) in [5.74, 6) is 0.131. The lowest BCUT2D eigenvalue weighted by Gasteiger charge is -2.33. The van der Waals surface area contributed by atoms with Crippen molar-refractivity contribution in [2.45, 2.75) is 44.4 Å². The number of aryl methyl sites for hydroxylation is 1. The van der Waals surface area contributed by atoms with E-state index in [1.165, 1.54) is 5.56 Å². The molecule has 1 amide bonds. The molecular formula is C20H28N4O2. The van der Waals surface area contributed by atoms with Crippen LogP contribution in [0.3, 0.4) is 0 Å². The fourth-order valence-corrected chi connectivity index (χ4v) is 3.44. The molecule has 2 N–H and O–H groups in total. The lowest BCUT2D eigenvalue weighted by Crippen LogP contribution is -2.47. The molecule has 140 valence electrons. The van der Waals surface area contributed by atoms with Crippen molar-refractivity contribution in [3.63, 3.8) is 0 Å². The maximum atomic E-state index is 12.1. The van der Waals surface area contributed by atoms with Gasteiger partial charge in [0.05, 0.1) is 12.6 Å². The molecule has 0 bridgehead atoms. The third-order valence-corrected chi connectivity index (χ3v) is 4.86. The van der Waals surface area contributed by atoms with E-state index in [2.05, 4.69) is 27.4 Å². The number of carbonyl (C=O) groups excluding carboxylic acids is 1. The van der Waals surface area contributed by atoms with Crippen molar-refractivity contribution in [3.8, 4) is 0 Å². The highest BCUT2D eigenvalue weighted by molar-refractivity contribution is 5.76. The first-order chi connectivity index (χ1) is 12.7. The predicted octanol–water partition coefficient (Wildman–Crippen LogP) is 1.46. The third-order valence-electron chi connectivity index (χ3n) is 4.86. The molecule has 1 aliphatic rings. The first kappa shape index (κ1) is 18.6. The van der Waals surface area contributed by atoms with Crippen molar-refractivity contribution in [2.75, 3.05) is 19.6 Å². The number of benzene rings is 1. The van der Waals surface area contributed by atoms with Gasteiger partial charge in [0.2, 0.25) is 5.91 Å². The van der Waals surface area contributed by atoms with Crippen LogP contribution in [0.1, 0.15) is 24.8 Å². The Kier molecular flexibility index (Phi) is 6.80. The van der Waals surface area contributed by atoms with Crippen LogP contribution in [-0.4, -0.2) is 57.5 Å². The molecule has 0 spiro atoms. The van der Waals surface area contributed by atoms with Crippen LogP contribution >= 0.6 is 0 Å². The van der Waals surface area contributed by atoms with Crippen molar-refractivity contribution >= 4 is 5.91 Å². The van der Waals surface area contributed by atoms with Crippen LogP contribution < -0.4 is 5.32 Å². The Labute approximate surface area is 154 Å². The zero-order valence-electron chi connectivity index (χ0n) is 15.1. The molecule has 26 heavy (non-hydrogen) atoms. The maximum absolute atomic E-state index is 12.1. The van der Waals surface area contributed by atoms with Gasteiger partial charge in [-0.25, -0.2) is 0 Å². The number of nitrogens with zero attached hydrogens (tertiary/aromatic N) is 3. The van der Waals surface area contributed by atoms with Crippen molar-refractivity contribution in [1.82, 2.24) is 20.0 Å². The predicted molar refractivity (Wildman–Crippen MR) is 101 cm³/mol. The van der Waals surface area contributed by atoms with Crippen molar-refractivity contribution in [1.29, 1.82) is 0 Å². The number of aromatic nitrogens is 2. The second-order valence-electron chi connectivity index (χ2n) is 7.01. The number of carbonyl (C=O) groups is 1. The molecule has 1 atom stereocenters. The molecule has 6 nitrogen and oxygen atoms in total. The molecule has 2 heterocycles. The van der Waals surface area contributed by atoms with Gasteiger partial charge in [-0.2, -0.15) is 5.10 Å². The molecule has 1 aliphatic heterocycles. The average Bonchev–Trinajstić information content (AvgIpc) is 3.15. The molecule has 1 fully saturated rings. The lowest BCUT2D eigenvalue weighted by atomic mass is 10.0. The number of hydrogen-bond donors (Lipinski definition) is 2. The van der Waals surface area contributed by atoms with E-state index in [9.17, 15) is 9.90 Å². The summed E-state index contributed by atoms with van der Waals surface area (Å²) in [6.07, 6.45) is 6.35. The summed E-state index contributed by atoms with van der Waals surface area (Å²) in [6, 6.07) is 12.2. The van der Waals surface area contributed by atoms with E-state index in [1.54, 1.807) is 10.9 Å². The van der Waals surface area contributed by atoms with E-state index in [0.717, 1.165) is 32.4 Å². The van der Waals surface area contributed by atoms with Gasteiger partial charge in [-0.05, 0) is 30.9 Å². The summed E-state index contributed by atoms with van der Waals surface area (Å²) in [5, 5.41) is 17.5. The minimum atomic E-state index is -0.424. The van der Waals surface area contributed by atoms with E-state index in [4.69, 9.17) is 0 Å². The molecule has 0 radical (unpaired) electrons. The Bertz CT molecular complexity index is 652. The Balaban J connectivity index is 1.32. The van der Waals surface area contributed by atoms with Crippen molar-refractivity contribution in [2.24, 2.45) is 0 Å². The standard InChI is InChI=1S/C20H28N4O2/c25-19(16-24-12-4-11-21-24)15-23-13-9-18(10-14-23)22-20(26)8-7-17-5-2-1-3-6-17/h1-6,11-12,18-19,25H,7-10,13-16H2,(H,22,26)/t19-/m0/s1. The number of hydrogen-bond acceptors (Lipinski definition) is 4. The number of likely N-dealkylation sites (tertiary alicyclic amines) is 1. The topological polar surface area (TPSA) is 70.4 Å². The summed E-state index contributed by atoms with van der Waals surface area (Å²) < 4.78 is 1.75. The van der Waals surface area contributed by atoms with Crippen LogP contribution in [0.25, 0.3) is 0 Å². The van der Waals surface area contributed by atoms with Gasteiger partial charge in [-0.15, -0.1) is 0 Å². The molecule has 0 aliphatic carbocycles. The largest absolute Gasteiger partial charge is 0.390 e. The van der Waals surface area contributed by atoms with Gasteiger partial charge in [0.1, 0.15) is 0 Å². The highest BCUT2D eigenvalue weighted by Crippen LogP contribution is 2.12. The van der Waals surface area contributed by atoms with E-state index < -0.39 is 6.10 Å². The maximum Gasteiger partial charge on any atom is 0.220 e. The van der Waals surface area contributed by atoms with E-state index >= 15 is 0 Å². The summed E-state index contributed by atoms with van der Waals surface area (Å²) >= 11 is 0. The fraction of sp³-hybridized carbons (Fsp3) is 0.500. The number of aliphatic hydroxyl groups excluding tert-OH is 1. The van der Waals surface area contributed by atoms with Crippen LogP contribution in [0.2, 0.25) is 0 Å². The Morgan fingerprint density at radius 2 is 1.96 bits per heavy atom. The monoisotopic (exact) mass is 356 g/mol. The van der Waals surface area contributed by atoms with Gasteiger partial charge >= 0.3 is 0 Å². The molecular weight excluding hydrogens is 328 g/mol. The van der Waals surface area contributed by atoms with Gasteiger partial charge in [0, 0.05) is 44.5 Å². The Hall–Kier alpha value is -2.18. The zero-order chi connectivity index (χ0) is 18.2.